The summed E-state index contributed by atoms with van der Waals surface area (Å²) in [6.07, 6.45) is -0.391. The van der Waals surface area contributed by atoms with E-state index in [9.17, 15) is 5.11 Å². The molecule has 0 aromatic heterocycles. The van der Waals surface area contributed by atoms with Crippen molar-refractivity contribution in [2.75, 3.05) is 26.8 Å². The van der Waals surface area contributed by atoms with Gasteiger partial charge in [-0.25, -0.2) is 0 Å². The second-order valence-corrected chi connectivity index (χ2v) is 5.99. The molecule has 1 fully saturated rings. The summed E-state index contributed by atoms with van der Waals surface area (Å²) < 4.78 is 5.39. The number of benzene rings is 2. The van der Waals surface area contributed by atoms with Crippen molar-refractivity contribution < 1.29 is 9.84 Å². The lowest BCUT2D eigenvalue weighted by Crippen LogP contribution is -2.42. The normalized spacial score (nSPS) is 21.6. The number of ether oxygens (including phenoxy) is 1. The highest BCUT2D eigenvalue weighted by atomic mass is 16.5. The molecule has 1 aliphatic rings. The first-order valence-corrected chi connectivity index (χ1v) is 7.81. The van der Waals surface area contributed by atoms with Gasteiger partial charge in [-0.05, 0) is 18.2 Å². The summed E-state index contributed by atoms with van der Waals surface area (Å²) in [5.74, 6) is 0.292. The van der Waals surface area contributed by atoms with Crippen molar-refractivity contribution in [1.82, 2.24) is 4.90 Å². The van der Waals surface area contributed by atoms with E-state index in [0.29, 0.717) is 19.1 Å². The van der Waals surface area contributed by atoms with E-state index >= 15 is 0 Å². The van der Waals surface area contributed by atoms with E-state index in [0.717, 1.165) is 6.54 Å². The Bertz CT molecular complexity index is 533. The first-order chi connectivity index (χ1) is 10.8. The number of aliphatic hydroxyl groups excluding tert-OH is 1. The van der Waals surface area contributed by atoms with Gasteiger partial charge in [-0.15, -0.1) is 0 Å². The fourth-order valence-corrected chi connectivity index (χ4v) is 3.15. The van der Waals surface area contributed by atoms with E-state index < -0.39 is 6.10 Å². The molecule has 22 heavy (non-hydrogen) atoms. The van der Waals surface area contributed by atoms with Crippen LogP contribution in [0.2, 0.25) is 0 Å². The maximum atomic E-state index is 10.0. The van der Waals surface area contributed by atoms with E-state index in [2.05, 4.69) is 60.5 Å². The van der Waals surface area contributed by atoms with Gasteiger partial charge in [0.15, 0.2) is 0 Å². The number of hydrogen-bond donors (Lipinski definition) is 1. The Morgan fingerprint density at radius 3 is 2.00 bits per heavy atom. The Labute approximate surface area is 132 Å². The van der Waals surface area contributed by atoms with Crippen molar-refractivity contribution in [3.8, 4) is 0 Å². The van der Waals surface area contributed by atoms with E-state index in [4.69, 9.17) is 4.74 Å². The number of nitrogens with zero attached hydrogens (tertiary/aromatic N) is 1. The minimum atomic E-state index is -0.391. The molecule has 1 saturated heterocycles. The zero-order valence-electron chi connectivity index (χ0n) is 12.9. The van der Waals surface area contributed by atoms with E-state index in [1.807, 2.05) is 12.1 Å². The van der Waals surface area contributed by atoms with E-state index in [1.54, 1.807) is 0 Å². The van der Waals surface area contributed by atoms with Crippen molar-refractivity contribution in [1.29, 1.82) is 0 Å². The predicted octanol–water partition coefficient (Wildman–Crippen LogP) is 2.51. The van der Waals surface area contributed by atoms with Gasteiger partial charge in [-0.1, -0.05) is 60.7 Å². The van der Waals surface area contributed by atoms with Crippen LogP contribution in [-0.2, 0) is 4.74 Å². The topological polar surface area (TPSA) is 32.7 Å². The smallest absolute Gasteiger partial charge is 0.0950 e. The Balaban J connectivity index is 1.83. The molecule has 0 radical (unpaired) electrons. The van der Waals surface area contributed by atoms with Crippen molar-refractivity contribution in [3.63, 3.8) is 0 Å². The molecule has 3 nitrogen and oxygen atoms in total. The minimum Gasteiger partial charge on any atom is -0.389 e. The fraction of sp³-hybridized carbons (Fsp3) is 0.368. The first-order valence-electron chi connectivity index (χ1n) is 7.81. The Kier molecular flexibility index (Phi) is 4.88. The van der Waals surface area contributed by atoms with Crippen LogP contribution in [0.5, 0.6) is 0 Å². The summed E-state index contributed by atoms with van der Waals surface area (Å²) in [4.78, 5) is 2.22. The fourth-order valence-electron chi connectivity index (χ4n) is 3.15. The van der Waals surface area contributed by atoms with Crippen LogP contribution >= 0.6 is 0 Å². The largest absolute Gasteiger partial charge is 0.389 e. The zero-order chi connectivity index (χ0) is 15.4. The molecule has 3 rings (SSSR count). The molecule has 3 heteroatoms. The molecule has 1 aliphatic heterocycles. The van der Waals surface area contributed by atoms with E-state index in [1.165, 1.54) is 11.1 Å². The Hall–Kier alpha value is -1.68. The molecule has 2 atom stereocenters. The van der Waals surface area contributed by atoms with Crippen LogP contribution < -0.4 is 0 Å². The highest BCUT2D eigenvalue weighted by molar-refractivity contribution is 5.32. The Morgan fingerprint density at radius 2 is 1.55 bits per heavy atom. The van der Waals surface area contributed by atoms with Crippen molar-refractivity contribution in [2.45, 2.75) is 18.1 Å². The van der Waals surface area contributed by atoms with Gasteiger partial charge < -0.3 is 9.84 Å². The van der Waals surface area contributed by atoms with Crippen molar-refractivity contribution in [2.24, 2.45) is 0 Å². The molecule has 0 spiro atoms. The van der Waals surface area contributed by atoms with Crippen LogP contribution in [-0.4, -0.2) is 49.0 Å². The van der Waals surface area contributed by atoms with Crippen LogP contribution in [0.4, 0.5) is 0 Å². The highest BCUT2D eigenvalue weighted by Gasteiger charge is 2.31. The average molecular weight is 297 g/mol. The van der Waals surface area contributed by atoms with Crippen LogP contribution in [0.3, 0.4) is 0 Å². The van der Waals surface area contributed by atoms with Gasteiger partial charge >= 0.3 is 0 Å². The highest BCUT2D eigenvalue weighted by Crippen LogP contribution is 2.26. The number of likely N-dealkylation sites (N-methyl/N-ethyl adjacent to an activating group) is 1. The lowest BCUT2D eigenvalue weighted by atomic mass is 9.90. The molecule has 0 saturated carbocycles. The van der Waals surface area contributed by atoms with Crippen LogP contribution in [0.1, 0.15) is 17.0 Å². The summed E-state index contributed by atoms with van der Waals surface area (Å²) in [5.41, 5.74) is 2.60. The van der Waals surface area contributed by atoms with Crippen LogP contribution in [0.15, 0.2) is 60.7 Å². The monoisotopic (exact) mass is 297 g/mol. The minimum absolute atomic E-state index is 0.0786. The SMILES string of the molecule is CN(CC(c1ccccc1)c1ccccc1)[C@@H]1COC[C@H]1O. The third-order valence-electron chi connectivity index (χ3n) is 4.46. The summed E-state index contributed by atoms with van der Waals surface area (Å²) >= 11 is 0. The lowest BCUT2D eigenvalue weighted by molar-refractivity contribution is 0.0942. The summed E-state index contributed by atoms with van der Waals surface area (Å²) in [5, 5.41) is 10.0. The third kappa shape index (κ3) is 3.38. The third-order valence-corrected chi connectivity index (χ3v) is 4.46. The molecule has 0 bridgehead atoms. The van der Waals surface area contributed by atoms with Crippen molar-refractivity contribution >= 4 is 0 Å². The summed E-state index contributed by atoms with van der Waals surface area (Å²) in [6.45, 7) is 1.91. The maximum absolute atomic E-state index is 10.0. The van der Waals surface area contributed by atoms with Gasteiger partial charge in [-0.3, -0.25) is 4.90 Å². The molecule has 0 amide bonds. The first kappa shape index (κ1) is 15.2. The zero-order valence-corrected chi connectivity index (χ0v) is 12.9. The second-order valence-electron chi connectivity index (χ2n) is 5.99. The molecule has 1 heterocycles. The molecule has 116 valence electrons. The van der Waals surface area contributed by atoms with Gasteiger partial charge in [0.05, 0.1) is 25.4 Å². The Morgan fingerprint density at radius 1 is 1.00 bits per heavy atom. The lowest BCUT2D eigenvalue weighted by Gasteiger charge is -2.30. The van der Waals surface area contributed by atoms with Crippen LogP contribution in [0.25, 0.3) is 0 Å². The number of rotatable bonds is 5. The standard InChI is InChI=1S/C19H23NO2/c1-20(18-13-22-14-19(18)21)12-17(15-8-4-2-5-9-15)16-10-6-3-7-11-16/h2-11,17-19,21H,12-14H2,1H3/t18-,19-/m1/s1. The predicted molar refractivity (Wildman–Crippen MR) is 88.0 cm³/mol. The van der Waals surface area contributed by atoms with Gasteiger partial charge in [-0.2, -0.15) is 0 Å². The molecule has 0 unspecified atom stereocenters. The number of aliphatic hydroxyl groups is 1. The maximum Gasteiger partial charge on any atom is 0.0950 e. The van der Waals surface area contributed by atoms with Gasteiger partial charge in [0.1, 0.15) is 0 Å². The van der Waals surface area contributed by atoms with Crippen LogP contribution in [0, 0.1) is 0 Å². The average Bonchev–Trinajstić information content (AvgIpc) is 3.00. The molecular weight excluding hydrogens is 274 g/mol. The molecule has 2 aromatic carbocycles. The summed E-state index contributed by atoms with van der Waals surface area (Å²) in [7, 11) is 2.07. The molecular formula is C19H23NO2. The molecule has 2 aromatic rings. The van der Waals surface area contributed by atoms with Gasteiger partial charge in [0.2, 0.25) is 0 Å². The van der Waals surface area contributed by atoms with Gasteiger partial charge in [0, 0.05) is 12.5 Å². The molecule has 1 N–H and O–H groups in total. The quantitative estimate of drug-likeness (QED) is 0.920. The second kappa shape index (κ2) is 7.05. The molecule has 0 aliphatic carbocycles. The van der Waals surface area contributed by atoms with Crippen molar-refractivity contribution in [3.05, 3.63) is 71.8 Å². The summed E-state index contributed by atoms with van der Waals surface area (Å²) in [6, 6.07) is 21.2. The number of hydrogen-bond acceptors (Lipinski definition) is 3. The van der Waals surface area contributed by atoms with Gasteiger partial charge in [0.25, 0.3) is 0 Å². The van der Waals surface area contributed by atoms with E-state index in [-0.39, 0.29) is 6.04 Å².